The smallest absolute Gasteiger partial charge is 0.274 e. The van der Waals surface area contributed by atoms with E-state index < -0.39 is 0 Å². The summed E-state index contributed by atoms with van der Waals surface area (Å²) >= 11 is 0. The molecule has 1 aromatic rings. The quantitative estimate of drug-likeness (QED) is 0.826. The number of aromatic amines is 1. The fourth-order valence-electron chi connectivity index (χ4n) is 2.07. The summed E-state index contributed by atoms with van der Waals surface area (Å²) in [6, 6.07) is 1.74. The van der Waals surface area contributed by atoms with E-state index in [4.69, 9.17) is 0 Å². The molecule has 0 unspecified atom stereocenters. The van der Waals surface area contributed by atoms with Gasteiger partial charge in [-0.2, -0.15) is 5.10 Å². The van der Waals surface area contributed by atoms with Crippen LogP contribution in [0.25, 0.3) is 0 Å². The monoisotopic (exact) mass is 250 g/mol. The minimum absolute atomic E-state index is 0.0667. The third kappa shape index (κ3) is 2.52. The van der Waals surface area contributed by atoms with Crippen LogP contribution in [-0.4, -0.2) is 58.0 Å². The lowest BCUT2D eigenvalue weighted by atomic mass is 10.2. The molecular weight excluding hydrogens is 232 g/mol. The van der Waals surface area contributed by atoms with Crippen LogP contribution < -0.4 is 0 Å². The normalized spacial score (nSPS) is 15.9. The van der Waals surface area contributed by atoms with Crippen LogP contribution >= 0.6 is 0 Å². The predicted molar refractivity (Wildman–Crippen MR) is 66.1 cm³/mol. The molecule has 1 saturated heterocycles. The summed E-state index contributed by atoms with van der Waals surface area (Å²) in [7, 11) is 0. The molecule has 2 amide bonds. The number of aromatic nitrogens is 2. The second kappa shape index (κ2) is 5.20. The molecule has 6 heteroatoms. The summed E-state index contributed by atoms with van der Waals surface area (Å²) in [5.74, 6) is 0.0839. The van der Waals surface area contributed by atoms with Crippen LogP contribution in [0.3, 0.4) is 0 Å². The molecule has 0 atom stereocenters. The summed E-state index contributed by atoms with van der Waals surface area (Å²) < 4.78 is 0. The zero-order valence-electron chi connectivity index (χ0n) is 10.8. The van der Waals surface area contributed by atoms with Crippen molar-refractivity contribution in [1.82, 2.24) is 20.0 Å². The Labute approximate surface area is 106 Å². The van der Waals surface area contributed by atoms with Gasteiger partial charge in [-0.25, -0.2) is 0 Å². The molecule has 0 saturated carbocycles. The first-order chi connectivity index (χ1) is 8.61. The molecule has 0 aromatic carbocycles. The van der Waals surface area contributed by atoms with E-state index in [-0.39, 0.29) is 11.8 Å². The number of nitrogens with one attached hydrogen (secondary N) is 1. The van der Waals surface area contributed by atoms with Gasteiger partial charge in [-0.05, 0) is 13.0 Å². The van der Waals surface area contributed by atoms with Crippen LogP contribution in [0.1, 0.15) is 29.5 Å². The number of carbonyl (C=O) groups excluding carboxylic acids is 2. The summed E-state index contributed by atoms with van der Waals surface area (Å²) in [6.45, 7) is 6.10. The first-order valence-electron chi connectivity index (χ1n) is 6.21. The minimum Gasteiger partial charge on any atom is -0.339 e. The van der Waals surface area contributed by atoms with Crippen LogP contribution in [0.2, 0.25) is 0 Å². The first kappa shape index (κ1) is 12.6. The van der Waals surface area contributed by atoms with Gasteiger partial charge in [0.15, 0.2) is 0 Å². The van der Waals surface area contributed by atoms with Crippen molar-refractivity contribution in [2.75, 3.05) is 26.2 Å². The van der Waals surface area contributed by atoms with Crippen LogP contribution in [0.15, 0.2) is 6.07 Å². The Hall–Kier alpha value is -1.85. The Balaban J connectivity index is 1.94. The van der Waals surface area contributed by atoms with Crippen molar-refractivity contribution < 1.29 is 9.59 Å². The molecule has 18 heavy (non-hydrogen) atoms. The SMILES string of the molecule is CCC(=O)N1CCN(C(=O)c2cc(C)[nH]n2)CC1. The van der Waals surface area contributed by atoms with E-state index in [9.17, 15) is 9.59 Å². The number of hydrogen-bond donors (Lipinski definition) is 1. The number of hydrogen-bond acceptors (Lipinski definition) is 3. The van der Waals surface area contributed by atoms with Gasteiger partial charge in [0.2, 0.25) is 5.91 Å². The molecular formula is C12H18N4O2. The van der Waals surface area contributed by atoms with Crippen molar-refractivity contribution in [2.24, 2.45) is 0 Å². The highest BCUT2D eigenvalue weighted by Crippen LogP contribution is 2.08. The molecule has 98 valence electrons. The third-order valence-electron chi connectivity index (χ3n) is 3.15. The highest BCUT2D eigenvalue weighted by Gasteiger charge is 2.25. The molecule has 1 aliphatic heterocycles. The number of rotatable bonds is 2. The topological polar surface area (TPSA) is 69.3 Å². The molecule has 0 aliphatic carbocycles. The fourth-order valence-corrected chi connectivity index (χ4v) is 2.07. The molecule has 1 aromatic heterocycles. The van der Waals surface area contributed by atoms with Crippen molar-refractivity contribution in [2.45, 2.75) is 20.3 Å². The van der Waals surface area contributed by atoms with E-state index in [0.717, 1.165) is 5.69 Å². The van der Waals surface area contributed by atoms with E-state index in [2.05, 4.69) is 10.2 Å². The molecule has 1 fully saturated rings. The van der Waals surface area contributed by atoms with Gasteiger partial charge in [0.25, 0.3) is 5.91 Å². The van der Waals surface area contributed by atoms with Gasteiger partial charge in [-0.15, -0.1) is 0 Å². The van der Waals surface area contributed by atoms with Crippen molar-refractivity contribution in [1.29, 1.82) is 0 Å². The van der Waals surface area contributed by atoms with Gasteiger partial charge >= 0.3 is 0 Å². The van der Waals surface area contributed by atoms with E-state index in [1.54, 1.807) is 15.9 Å². The maximum atomic E-state index is 12.1. The molecule has 6 nitrogen and oxygen atoms in total. The van der Waals surface area contributed by atoms with Crippen molar-refractivity contribution in [3.05, 3.63) is 17.5 Å². The predicted octanol–water partition coefficient (Wildman–Crippen LogP) is 0.413. The third-order valence-corrected chi connectivity index (χ3v) is 3.15. The molecule has 0 bridgehead atoms. The Morgan fingerprint density at radius 3 is 2.39 bits per heavy atom. The van der Waals surface area contributed by atoms with E-state index in [1.165, 1.54) is 0 Å². The van der Waals surface area contributed by atoms with Gasteiger partial charge in [0, 0.05) is 38.3 Å². The summed E-state index contributed by atoms with van der Waals surface area (Å²) in [5.41, 5.74) is 1.32. The van der Waals surface area contributed by atoms with Gasteiger partial charge in [0.1, 0.15) is 5.69 Å². The molecule has 1 aliphatic rings. The number of aryl methyl sites for hydroxylation is 1. The van der Waals surface area contributed by atoms with Crippen LogP contribution in [-0.2, 0) is 4.79 Å². The Morgan fingerprint density at radius 2 is 1.89 bits per heavy atom. The van der Waals surface area contributed by atoms with Gasteiger partial charge < -0.3 is 9.80 Å². The lowest BCUT2D eigenvalue weighted by molar-refractivity contribution is -0.132. The lowest BCUT2D eigenvalue weighted by Gasteiger charge is -2.34. The zero-order valence-corrected chi connectivity index (χ0v) is 10.8. The van der Waals surface area contributed by atoms with E-state index in [0.29, 0.717) is 38.3 Å². The number of piperazine rings is 1. The molecule has 2 rings (SSSR count). The minimum atomic E-state index is -0.0667. The second-order valence-electron chi connectivity index (χ2n) is 4.46. The Bertz CT molecular complexity index is 447. The zero-order chi connectivity index (χ0) is 13.1. The van der Waals surface area contributed by atoms with Gasteiger partial charge in [-0.3, -0.25) is 14.7 Å². The molecule has 2 heterocycles. The largest absolute Gasteiger partial charge is 0.339 e. The van der Waals surface area contributed by atoms with Crippen molar-refractivity contribution in [3.63, 3.8) is 0 Å². The maximum Gasteiger partial charge on any atom is 0.274 e. The highest BCUT2D eigenvalue weighted by atomic mass is 16.2. The molecule has 0 radical (unpaired) electrons. The summed E-state index contributed by atoms with van der Waals surface area (Å²) in [4.78, 5) is 27.2. The summed E-state index contributed by atoms with van der Waals surface area (Å²) in [5, 5.41) is 6.73. The van der Waals surface area contributed by atoms with E-state index in [1.807, 2.05) is 13.8 Å². The highest BCUT2D eigenvalue weighted by molar-refractivity contribution is 5.92. The molecule has 1 N–H and O–H groups in total. The van der Waals surface area contributed by atoms with Crippen LogP contribution in [0.4, 0.5) is 0 Å². The first-order valence-corrected chi connectivity index (χ1v) is 6.21. The fraction of sp³-hybridized carbons (Fsp3) is 0.583. The number of amides is 2. The lowest BCUT2D eigenvalue weighted by Crippen LogP contribution is -2.50. The van der Waals surface area contributed by atoms with E-state index >= 15 is 0 Å². The van der Waals surface area contributed by atoms with Crippen LogP contribution in [0, 0.1) is 6.92 Å². The van der Waals surface area contributed by atoms with Crippen LogP contribution in [0.5, 0.6) is 0 Å². The average molecular weight is 250 g/mol. The Kier molecular flexibility index (Phi) is 3.64. The van der Waals surface area contributed by atoms with Gasteiger partial charge in [0.05, 0.1) is 0 Å². The van der Waals surface area contributed by atoms with Gasteiger partial charge in [-0.1, -0.05) is 6.92 Å². The number of H-pyrrole nitrogens is 1. The number of nitrogens with zero attached hydrogens (tertiary/aromatic N) is 3. The Morgan fingerprint density at radius 1 is 1.28 bits per heavy atom. The average Bonchev–Trinajstić information content (AvgIpc) is 2.84. The van der Waals surface area contributed by atoms with Crippen molar-refractivity contribution in [3.8, 4) is 0 Å². The second-order valence-corrected chi connectivity index (χ2v) is 4.46. The van der Waals surface area contributed by atoms with Crippen molar-refractivity contribution >= 4 is 11.8 Å². The standard InChI is InChI=1S/C12H18N4O2/c1-3-11(17)15-4-6-16(7-5-15)12(18)10-8-9(2)13-14-10/h8H,3-7H2,1-2H3,(H,13,14). The maximum absolute atomic E-state index is 12.1. The number of carbonyl (C=O) groups is 2. The summed E-state index contributed by atoms with van der Waals surface area (Å²) in [6.07, 6.45) is 0.520. The molecule has 0 spiro atoms.